The molecule has 6 amide bonds. The lowest BCUT2D eigenvalue weighted by molar-refractivity contribution is -0.141. The molecule has 1 saturated heterocycles. The van der Waals surface area contributed by atoms with Gasteiger partial charge in [-0.2, -0.15) is 0 Å². The molecule has 3 N–H and O–H groups in total. The van der Waals surface area contributed by atoms with Crippen molar-refractivity contribution in [3.05, 3.63) is 53.3 Å². The monoisotopic (exact) mass is 537 g/mol. The second-order valence-electron chi connectivity index (χ2n) is 10.2. The van der Waals surface area contributed by atoms with Gasteiger partial charge in [0, 0.05) is 42.9 Å². The van der Waals surface area contributed by atoms with E-state index in [9.17, 15) is 23.6 Å². The van der Waals surface area contributed by atoms with E-state index in [-0.39, 0.29) is 38.1 Å². The number of fused-ring (bicyclic) bond motifs is 3. The van der Waals surface area contributed by atoms with Crippen molar-refractivity contribution >= 4 is 29.6 Å². The Morgan fingerprint density at radius 3 is 2.72 bits per heavy atom. The minimum absolute atomic E-state index is 0.125. The lowest BCUT2D eigenvalue weighted by Crippen LogP contribution is -2.50. The van der Waals surface area contributed by atoms with Crippen molar-refractivity contribution in [2.45, 2.75) is 37.4 Å². The van der Waals surface area contributed by atoms with Gasteiger partial charge >= 0.3 is 12.1 Å². The molecular weight excluding hydrogens is 509 g/mol. The Hall–Kier alpha value is -4.35. The molecule has 39 heavy (non-hydrogen) atoms. The number of nitrogens with one attached hydrogen (secondary N) is 3. The molecule has 1 aliphatic carbocycles. The molecule has 0 radical (unpaired) electrons. The van der Waals surface area contributed by atoms with E-state index in [1.165, 1.54) is 19.2 Å². The van der Waals surface area contributed by atoms with Crippen molar-refractivity contribution in [1.29, 1.82) is 0 Å². The Labute approximate surface area is 223 Å². The van der Waals surface area contributed by atoms with Gasteiger partial charge in [-0.15, -0.1) is 0 Å². The number of anilines is 1. The highest BCUT2D eigenvalue weighted by atomic mass is 19.1. The molecule has 0 aromatic heterocycles. The second kappa shape index (κ2) is 9.44. The summed E-state index contributed by atoms with van der Waals surface area (Å²) < 4.78 is 25.7. The fraction of sp³-hybridized carbons (Fsp3) is 0.407. The number of hydrogen-bond donors (Lipinski definition) is 3. The van der Waals surface area contributed by atoms with Gasteiger partial charge in [0.25, 0.3) is 5.91 Å². The summed E-state index contributed by atoms with van der Waals surface area (Å²) in [5.41, 5.74) is 0.0668. The van der Waals surface area contributed by atoms with E-state index in [0.717, 1.165) is 17.7 Å². The van der Waals surface area contributed by atoms with Crippen LogP contribution in [0.1, 0.15) is 30.4 Å². The third-order valence-corrected chi connectivity index (χ3v) is 7.79. The molecule has 3 heterocycles. The van der Waals surface area contributed by atoms with Crippen LogP contribution in [0.3, 0.4) is 0 Å². The number of carbonyl (C=O) groups is 4. The number of urea groups is 2. The lowest BCUT2D eigenvalue weighted by Gasteiger charge is -2.34. The predicted octanol–water partition coefficient (Wildman–Crippen LogP) is 2.31. The molecule has 1 spiro atoms. The fourth-order valence-corrected chi connectivity index (χ4v) is 5.59. The third-order valence-electron chi connectivity index (χ3n) is 7.79. The molecule has 2 aromatic rings. The van der Waals surface area contributed by atoms with Crippen molar-refractivity contribution in [3.8, 4) is 11.5 Å². The summed E-state index contributed by atoms with van der Waals surface area (Å²) in [5.74, 6) is -0.257. The number of halogens is 1. The van der Waals surface area contributed by atoms with Crippen LogP contribution in [0.4, 0.5) is 19.7 Å². The van der Waals surface area contributed by atoms with Crippen LogP contribution in [-0.2, 0) is 21.7 Å². The van der Waals surface area contributed by atoms with Gasteiger partial charge in [0.1, 0.15) is 30.5 Å². The number of amides is 6. The maximum Gasteiger partial charge on any atom is 0.325 e. The maximum atomic E-state index is 14.0. The first-order valence-corrected chi connectivity index (χ1v) is 12.9. The Balaban J connectivity index is 1.25. The van der Waals surface area contributed by atoms with Crippen LogP contribution < -0.4 is 25.4 Å². The number of imide groups is 1. The number of carbonyl (C=O) groups excluding carboxylic acids is 4. The van der Waals surface area contributed by atoms with Gasteiger partial charge in [-0.1, -0.05) is 6.07 Å². The quantitative estimate of drug-likeness (QED) is 0.514. The topological polar surface area (TPSA) is 129 Å². The Morgan fingerprint density at radius 2 is 1.95 bits per heavy atom. The zero-order valence-corrected chi connectivity index (χ0v) is 21.3. The molecule has 3 aliphatic heterocycles. The molecule has 1 saturated carbocycles. The second-order valence-corrected chi connectivity index (χ2v) is 10.2. The average molecular weight is 538 g/mol. The Bertz CT molecular complexity index is 1380. The summed E-state index contributed by atoms with van der Waals surface area (Å²) in [7, 11) is 1.49. The van der Waals surface area contributed by atoms with Gasteiger partial charge in [-0.3, -0.25) is 14.5 Å². The Kier molecular flexibility index (Phi) is 6.04. The highest BCUT2D eigenvalue weighted by Gasteiger charge is 2.55. The molecule has 12 heteroatoms. The summed E-state index contributed by atoms with van der Waals surface area (Å²) in [5, 5.41) is 7.91. The van der Waals surface area contributed by atoms with Crippen molar-refractivity contribution in [3.63, 3.8) is 0 Å². The molecule has 2 fully saturated rings. The fourth-order valence-electron chi connectivity index (χ4n) is 5.59. The van der Waals surface area contributed by atoms with Gasteiger partial charge in [0.2, 0.25) is 5.91 Å². The van der Waals surface area contributed by atoms with Gasteiger partial charge < -0.3 is 30.3 Å². The van der Waals surface area contributed by atoms with Crippen LogP contribution in [0.2, 0.25) is 0 Å². The standard InChI is InChI=1S/C27H28FN5O6/c1-29-25(36)30-18-5-6-19-22(11-18)38-9-8-27(19)24(35)33(26(37)31-27)13-23(34)32-12-16-10-17(28)4-7-21(16)39-14-20(32)15-2-3-15/h4-7,10-11,15,20H,2-3,8-9,12-14H2,1H3,(H,31,37)(H2,29,30,36)/t20-,27+/m0/s1. The first kappa shape index (κ1) is 25.0. The van der Waals surface area contributed by atoms with Crippen LogP contribution in [0.15, 0.2) is 36.4 Å². The minimum atomic E-state index is -1.38. The van der Waals surface area contributed by atoms with E-state index in [1.54, 1.807) is 29.2 Å². The maximum absolute atomic E-state index is 14.0. The first-order valence-electron chi connectivity index (χ1n) is 12.9. The van der Waals surface area contributed by atoms with Crippen LogP contribution in [0.25, 0.3) is 0 Å². The molecular formula is C27H28FN5O6. The van der Waals surface area contributed by atoms with Crippen molar-refractivity contribution in [2.75, 3.05) is 32.1 Å². The molecule has 204 valence electrons. The van der Waals surface area contributed by atoms with Crippen LogP contribution in [-0.4, -0.2) is 66.5 Å². The summed E-state index contributed by atoms with van der Waals surface area (Å²) in [6.07, 6.45) is 2.08. The highest BCUT2D eigenvalue weighted by molar-refractivity contribution is 6.10. The van der Waals surface area contributed by atoms with Gasteiger partial charge in [-0.25, -0.2) is 14.0 Å². The third kappa shape index (κ3) is 4.39. The summed E-state index contributed by atoms with van der Waals surface area (Å²) in [4.78, 5) is 54.8. The average Bonchev–Trinajstić information content (AvgIpc) is 3.74. The SMILES string of the molecule is CNC(=O)Nc1ccc2c(c1)OCC[C@@]21NC(=O)N(CC(=O)N2Cc3cc(F)ccc3OC[C@H]2C2CC2)C1=O. The van der Waals surface area contributed by atoms with E-state index in [1.807, 2.05) is 0 Å². The van der Waals surface area contributed by atoms with E-state index >= 15 is 0 Å². The van der Waals surface area contributed by atoms with Crippen LogP contribution in [0, 0.1) is 11.7 Å². The first-order chi connectivity index (χ1) is 18.8. The summed E-state index contributed by atoms with van der Waals surface area (Å²) in [6.45, 7) is 0.0858. The van der Waals surface area contributed by atoms with Crippen LogP contribution in [0.5, 0.6) is 11.5 Å². The highest BCUT2D eigenvalue weighted by Crippen LogP contribution is 2.43. The molecule has 4 aliphatic rings. The molecule has 0 unspecified atom stereocenters. The van der Waals surface area contributed by atoms with Crippen molar-refractivity contribution in [1.82, 2.24) is 20.4 Å². The molecule has 0 bridgehead atoms. The largest absolute Gasteiger partial charge is 0.493 e. The zero-order valence-electron chi connectivity index (χ0n) is 21.3. The number of rotatable bonds is 4. The normalized spacial score (nSPS) is 23.7. The van der Waals surface area contributed by atoms with Gasteiger partial charge in [0.15, 0.2) is 5.54 Å². The number of nitrogens with zero attached hydrogens (tertiary/aromatic N) is 2. The van der Waals surface area contributed by atoms with Gasteiger partial charge in [0.05, 0.1) is 12.6 Å². The molecule has 2 atom stereocenters. The van der Waals surface area contributed by atoms with E-state index in [4.69, 9.17) is 9.47 Å². The minimum Gasteiger partial charge on any atom is -0.493 e. The molecule has 6 rings (SSSR count). The zero-order chi connectivity index (χ0) is 27.3. The Morgan fingerprint density at radius 1 is 1.13 bits per heavy atom. The number of benzene rings is 2. The van der Waals surface area contributed by atoms with Crippen LogP contribution >= 0.6 is 0 Å². The van der Waals surface area contributed by atoms with E-state index in [2.05, 4.69) is 16.0 Å². The lowest BCUT2D eigenvalue weighted by atomic mass is 9.84. The number of ether oxygens (including phenoxy) is 2. The smallest absolute Gasteiger partial charge is 0.325 e. The van der Waals surface area contributed by atoms with E-state index in [0.29, 0.717) is 28.3 Å². The molecule has 2 aromatic carbocycles. The number of hydrogen-bond acceptors (Lipinski definition) is 6. The van der Waals surface area contributed by atoms with Crippen molar-refractivity contribution in [2.24, 2.45) is 5.92 Å². The van der Waals surface area contributed by atoms with Gasteiger partial charge in [-0.05, 0) is 43.0 Å². The summed E-state index contributed by atoms with van der Waals surface area (Å²) in [6, 6.07) is 7.74. The van der Waals surface area contributed by atoms with E-state index < -0.39 is 41.8 Å². The molecule has 11 nitrogen and oxygen atoms in total. The summed E-state index contributed by atoms with van der Waals surface area (Å²) >= 11 is 0. The predicted molar refractivity (Wildman–Crippen MR) is 136 cm³/mol. The van der Waals surface area contributed by atoms with Crippen molar-refractivity contribution < 1.29 is 33.0 Å².